The van der Waals surface area contributed by atoms with E-state index in [1.165, 1.54) is 24.3 Å². The zero-order chi connectivity index (χ0) is 47.6. The van der Waals surface area contributed by atoms with Crippen LogP contribution < -0.4 is 9.80 Å². The molecule has 0 saturated heterocycles. The van der Waals surface area contributed by atoms with Crippen LogP contribution in [-0.2, 0) is 0 Å². The van der Waals surface area contributed by atoms with Crippen molar-refractivity contribution >= 4 is 77.7 Å². The van der Waals surface area contributed by atoms with Gasteiger partial charge >= 0.3 is 0 Å². The van der Waals surface area contributed by atoms with Gasteiger partial charge < -0.3 is 18.9 Å². The number of benzene rings is 10. The first-order valence-electron chi connectivity index (χ1n) is 22.5. The fourth-order valence-corrected chi connectivity index (χ4v) is 9.73. The number of hydrogen-bond donors (Lipinski definition) is 0. The number of anilines is 6. The van der Waals surface area contributed by atoms with Crippen molar-refractivity contribution in [2.24, 2.45) is 0 Å². The first kappa shape index (κ1) is 42.3. The maximum atomic E-state index is 15.9. The Morgan fingerprint density at radius 3 is 1.01 bits per heavy atom. The summed E-state index contributed by atoms with van der Waals surface area (Å²) in [5.41, 5.74) is 9.29. The number of nitrogens with zero attached hydrogens (tertiary/aromatic N) is 4. The van der Waals surface area contributed by atoms with Crippen molar-refractivity contribution < 1.29 is 26.3 Å². The summed E-state index contributed by atoms with van der Waals surface area (Å²) in [6.45, 7) is 0. The Balaban J connectivity index is 0.916. The minimum atomic E-state index is -0.949. The van der Waals surface area contributed by atoms with E-state index in [9.17, 15) is 17.6 Å². The standard InChI is InChI=1S/C60H36F6N4/c61-49-29-25-43(35-53(49)65)69-55-13-5-1-9-45(55)47-33-41(27-31-57(47)69)67(59-15-7-3-11-51(59)63)39-21-17-37(18-22-39)38-19-23-40(24-20-38)68(60-16-8-4-12-52(60)64)42-28-32-58-48(34-42)46-10-2-6-14-56(46)70(58)44-26-30-50(62)54(66)36-44/h1-36H. The van der Waals surface area contributed by atoms with E-state index in [0.29, 0.717) is 45.5 Å². The van der Waals surface area contributed by atoms with Crippen molar-refractivity contribution in [3.8, 4) is 22.5 Å². The molecule has 0 atom stereocenters. The van der Waals surface area contributed by atoms with Gasteiger partial charge in [-0.25, -0.2) is 26.3 Å². The summed E-state index contributed by atoms with van der Waals surface area (Å²) in [7, 11) is 0. The van der Waals surface area contributed by atoms with Crippen LogP contribution in [0.25, 0.3) is 66.1 Å². The third-order valence-corrected chi connectivity index (χ3v) is 12.9. The smallest absolute Gasteiger partial charge is 0.160 e. The van der Waals surface area contributed by atoms with Gasteiger partial charge in [0.2, 0.25) is 0 Å². The zero-order valence-electron chi connectivity index (χ0n) is 36.8. The number of para-hydroxylation sites is 4. The van der Waals surface area contributed by atoms with Gasteiger partial charge in [-0.05, 0) is 132 Å². The topological polar surface area (TPSA) is 16.3 Å². The number of rotatable bonds is 9. The number of fused-ring (bicyclic) bond motifs is 6. The molecule has 0 aliphatic carbocycles. The molecule has 12 aromatic rings. The molecule has 0 unspecified atom stereocenters. The van der Waals surface area contributed by atoms with E-state index in [-0.39, 0.29) is 0 Å². The lowest BCUT2D eigenvalue weighted by molar-refractivity contribution is 0.508. The van der Waals surface area contributed by atoms with Crippen molar-refractivity contribution in [1.29, 1.82) is 0 Å². The summed E-state index contributed by atoms with van der Waals surface area (Å²) in [6.07, 6.45) is 0. The molecule has 10 heteroatoms. The second-order valence-electron chi connectivity index (χ2n) is 17.0. The molecule has 0 spiro atoms. The van der Waals surface area contributed by atoms with Crippen LogP contribution in [0.5, 0.6) is 0 Å². The fraction of sp³-hybridized carbons (Fsp3) is 0. The summed E-state index contributed by atoms with van der Waals surface area (Å²) in [5.74, 6) is -4.59. The van der Waals surface area contributed by atoms with Gasteiger partial charge in [-0.2, -0.15) is 0 Å². The molecule has 0 aliphatic heterocycles. The third-order valence-electron chi connectivity index (χ3n) is 12.9. The molecular formula is C60H36F6N4. The Morgan fingerprint density at radius 2 is 0.614 bits per heavy atom. The van der Waals surface area contributed by atoms with E-state index in [1.54, 1.807) is 48.5 Å². The largest absolute Gasteiger partial charge is 0.309 e. The molecule has 2 aromatic heterocycles. The maximum absolute atomic E-state index is 15.9. The van der Waals surface area contributed by atoms with Gasteiger partial charge in [-0.1, -0.05) is 84.9 Å². The van der Waals surface area contributed by atoms with Crippen molar-refractivity contribution in [3.63, 3.8) is 0 Å². The second kappa shape index (κ2) is 16.9. The van der Waals surface area contributed by atoms with Gasteiger partial charge in [0.1, 0.15) is 11.6 Å². The molecule has 0 aliphatic rings. The summed E-state index contributed by atoms with van der Waals surface area (Å²) in [6, 6.07) is 63.4. The van der Waals surface area contributed by atoms with Crippen LogP contribution in [-0.4, -0.2) is 9.13 Å². The Labute approximate surface area is 397 Å². The van der Waals surface area contributed by atoms with E-state index in [0.717, 1.165) is 66.9 Å². The maximum Gasteiger partial charge on any atom is 0.160 e. The molecule has 10 aromatic carbocycles. The van der Waals surface area contributed by atoms with E-state index in [4.69, 9.17) is 0 Å². The molecule has 4 nitrogen and oxygen atoms in total. The van der Waals surface area contributed by atoms with Crippen LogP contribution in [0, 0.1) is 34.9 Å². The zero-order valence-corrected chi connectivity index (χ0v) is 36.8. The summed E-state index contributed by atoms with van der Waals surface area (Å²) in [5, 5.41) is 3.46. The number of hydrogen-bond acceptors (Lipinski definition) is 2. The molecule has 0 radical (unpaired) electrons. The van der Waals surface area contributed by atoms with Gasteiger partial charge in [-0.15, -0.1) is 0 Å². The lowest BCUT2D eigenvalue weighted by Gasteiger charge is -2.27. The highest BCUT2D eigenvalue weighted by atomic mass is 19.2. The molecule has 0 saturated carbocycles. The molecule has 0 N–H and O–H groups in total. The van der Waals surface area contributed by atoms with Crippen LogP contribution in [0.15, 0.2) is 218 Å². The summed E-state index contributed by atoms with van der Waals surface area (Å²) in [4.78, 5) is 3.70. The van der Waals surface area contributed by atoms with Gasteiger partial charge in [0, 0.05) is 67.8 Å². The van der Waals surface area contributed by atoms with Gasteiger partial charge in [-0.3, -0.25) is 0 Å². The molecule has 0 bridgehead atoms. The van der Waals surface area contributed by atoms with Crippen LogP contribution in [0.2, 0.25) is 0 Å². The molecule has 0 amide bonds. The Kier molecular flexibility index (Phi) is 10.2. The molecule has 12 rings (SSSR count). The van der Waals surface area contributed by atoms with Crippen molar-refractivity contribution in [2.75, 3.05) is 9.80 Å². The highest BCUT2D eigenvalue weighted by Crippen LogP contribution is 2.44. The minimum absolute atomic E-state index is 0.337. The monoisotopic (exact) mass is 926 g/mol. The van der Waals surface area contributed by atoms with Crippen LogP contribution >= 0.6 is 0 Å². The highest BCUT2D eigenvalue weighted by molar-refractivity contribution is 6.12. The fourth-order valence-electron chi connectivity index (χ4n) is 9.73. The number of halogens is 6. The lowest BCUT2D eigenvalue weighted by atomic mass is 10.0. The van der Waals surface area contributed by atoms with E-state index < -0.39 is 34.9 Å². The quantitative estimate of drug-likeness (QED) is 0.134. The Morgan fingerprint density at radius 1 is 0.257 bits per heavy atom. The summed E-state index contributed by atoms with van der Waals surface area (Å²) >= 11 is 0. The van der Waals surface area contributed by atoms with Crippen molar-refractivity contribution in [2.45, 2.75) is 0 Å². The van der Waals surface area contributed by atoms with Crippen LogP contribution in [0.3, 0.4) is 0 Å². The minimum Gasteiger partial charge on any atom is -0.309 e. The predicted octanol–water partition coefficient (Wildman–Crippen LogP) is 17.3. The molecule has 0 fully saturated rings. The Hall–Kier alpha value is -9.02. The van der Waals surface area contributed by atoms with E-state index in [1.807, 2.05) is 152 Å². The normalized spacial score (nSPS) is 11.6. The van der Waals surface area contributed by atoms with E-state index in [2.05, 4.69) is 0 Å². The first-order chi connectivity index (χ1) is 34.2. The average molecular weight is 927 g/mol. The van der Waals surface area contributed by atoms with Gasteiger partial charge in [0.25, 0.3) is 0 Å². The molecule has 338 valence electrons. The van der Waals surface area contributed by atoms with E-state index >= 15 is 8.78 Å². The number of aromatic nitrogens is 2. The predicted molar refractivity (Wildman–Crippen MR) is 270 cm³/mol. The average Bonchev–Trinajstić information content (AvgIpc) is 3.90. The van der Waals surface area contributed by atoms with Crippen molar-refractivity contribution in [3.05, 3.63) is 253 Å². The summed E-state index contributed by atoms with van der Waals surface area (Å²) < 4.78 is 92.7. The van der Waals surface area contributed by atoms with Crippen LogP contribution in [0.4, 0.5) is 60.5 Å². The second-order valence-corrected chi connectivity index (χ2v) is 17.0. The van der Waals surface area contributed by atoms with Crippen molar-refractivity contribution in [1.82, 2.24) is 9.13 Å². The van der Waals surface area contributed by atoms with Gasteiger partial charge in [0.05, 0.1) is 33.4 Å². The highest BCUT2D eigenvalue weighted by Gasteiger charge is 2.22. The molecule has 70 heavy (non-hydrogen) atoms. The first-order valence-corrected chi connectivity index (χ1v) is 22.5. The SMILES string of the molecule is Fc1ccc(-n2c3ccccc3c3cc(N(c4ccc(-c5ccc(N(c6ccc7c(c6)c6ccccc6n7-c6ccc(F)c(F)c6)c6ccccc6F)cc5)cc4)c4ccccc4F)ccc32)cc1F. The van der Waals surface area contributed by atoms with Gasteiger partial charge in [0.15, 0.2) is 23.3 Å². The molecular weight excluding hydrogens is 891 g/mol. The Bertz CT molecular complexity index is 3730. The lowest BCUT2D eigenvalue weighted by Crippen LogP contribution is -2.12. The van der Waals surface area contributed by atoms with Crippen LogP contribution in [0.1, 0.15) is 0 Å². The molecule has 2 heterocycles. The third kappa shape index (κ3) is 7.11.